The monoisotopic (exact) mass is 241 g/mol. The van der Waals surface area contributed by atoms with E-state index in [-0.39, 0.29) is 6.42 Å². The van der Waals surface area contributed by atoms with Crippen LogP contribution in [0.4, 0.5) is 0 Å². The van der Waals surface area contributed by atoms with Crippen LogP contribution in [0.2, 0.25) is 0 Å². The van der Waals surface area contributed by atoms with Gasteiger partial charge in [0.25, 0.3) is 0 Å². The molecule has 0 spiro atoms. The topological polar surface area (TPSA) is 60.8 Å². The first kappa shape index (κ1) is 12.8. The maximum absolute atomic E-state index is 10.6. The maximum atomic E-state index is 10.6. The number of aliphatic carboxylic acids is 1. The van der Waals surface area contributed by atoms with Gasteiger partial charge in [0.1, 0.15) is 0 Å². The lowest BCUT2D eigenvalue weighted by Crippen LogP contribution is -2.46. The molecular formula is C13H23NO3. The molecule has 0 aromatic carbocycles. The number of hydrogen-bond acceptors (Lipinski definition) is 3. The van der Waals surface area contributed by atoms with Crippen molar-refractivity contribution in [3.05, 3.63) is 0 Å². The van der Waals surface area contributed by atoms with Gasteiger partial charge in [-0.2, -0.15) is 0 Å². The molecule has 0 aromatic rings. The lowest BCUT2D eigenvalue weighted by atomic mass is 9.84. The third kappa shape index (κ3) is 3.96. The zero-order chi connectivity index (χ0) is 12.3. The van der Waals surface area contributed by atoms with E-state index in [1.165, 1.54) is 6.42 Å². The van der Waals surface area contributed by atoms with Gasteiger partial charge in [0.2, 0.25) is 0 Å². The van der Waals surface area contributed by atoms with Crippen LogP contribution in [0.15, 0.2) is 0 Å². The van der Waals surface area contributed by atoms with E-state index in [1.807, 2.05) is 0 Å². The molecule has 0 radical (unpaired) electrons. The largest absolute Gasteiger partial charge is 0.481 e. The van der Waals surface area contributed by atoms with Gasteiger partial charge in [0.05, 0.1) is 12.0 Å². The van der Waals surface area contributed by atoms with Crippen LogP contribution in [0.5, 0.6) is 0 Å². The van der Waals surface area contributed by atoms with Gasteiger partial charge in [-0.25, -0.2) is 0 Å². The highest BCUT2D eigenvalue weighted by Crippen LogP contribution is 2.33. The van der Waals surface area contributed by atoms with E-state index < -0.39 is 11.6 Å². The van der Waals surface area contributed by atoms with Crippen LogP contribution in [0.25, 0.3) is 0 Å². The Balaban J connectivity index is 1.85. The second-order valence-corrected chi connectivity index (χ2v) is 5.63. The fraction of sp³-hybridized carbons (Fsp3) is 0.923. The van der Waals surface area contributed by atoms with Gasteiger partial charge in [0.15, 0.2) is 0 Å². The number of nitrogens with zero attached hydrogens (tertiary/aromatic N) is 1. The van der Waals surface area contributed by atoms with Gasteiger partial charge in [-0.15, -0.1) is 0 Å². The van der Waals surface area contributed by atoms with Gasteiger partial charge in [-0.1, -0.05) is 19.3 Å². The van der Waals surface area contributed by atoms with E-state index in [0.717, 1.165) is 38.5 Å². The van der Waals surface area contributed by atoms with Crippen molar-refractivity contribution in [1.29, 1.82) is 0 Å². The van der Waals surface area contributed by atoms with E-state index >= 15 is 0 Å². The number of carboxylic acid groups (broad SMARTS) is 1. The molecule has 98 valence electrons. The highest BCUT2D eigenvalue weighted by atomic mass is 16.4. The highest BCUT2D eigenvalue weighted by molar-refractivity contribution is 5.66. The van der Waals surface area contributed by atoms with Crippen LogP contribution in [0, 0.1) is 0 Å². The van der Waals surface area contributed by atoms with Crippen LogP contribution >= 0.6 is 0 Å². The predicted octanol–water partition coefficient (Wildman–Crippen LogP) is 1.62. The summed E-state index contributed by atoms with van der Waals surface area (Å²) in [6.45, 7) is 1.26. The minimum atomic E-state index is -0.744. The minimum absolute atomic E-state index is 0.187. The summed E-state index contributed by atoms with van der Waals surface area (Å²) < 4.78 is 0. The summed E-state index contributed by atoms with van der Waals surface area (Å²) in [5.41, 5.74) is -0.556. The lowest BCUT2D eigenvalue weighted by molar-refractivity contribution is -0.137. The minimum Gasteiger partial charge on any atom is -0.481 e. The first-order chi connectivity index (χ1) is 8.09. The molecule has 4 heteroatoms. The summed E-state index contributed by atoms with van der Waals surface area (Å²) in [6.07, 6.45) is 7.70. The van der Waals surface area contributed by atoms with Gasteiger partial charge in [-0.05, 0) is 25.7 Å². The molecule has 0 aliphatic heterocycles. The second-order valence-electron chi connectivity index (χ2n) is 5.63. The molecule has 0 aromatic heterocycles. The molecule has 0 saturated heterocycles. The molecule has 0 atom stereocenters. The fourth-order valence-electron chi connectivity index (χ4n) is 2.82. The molecule has 2 aliphatic rings. The second kappa shape index (κ2) is 5.36. The number of aliphatic hydroxyl groups is 1. The van der Waals surface area contributed by atoms with E-state index in [1.54, 1.807) is 0 Å². The number of carbonyl (C=O) groups is 1. The molecule has 17 heavy (non-hydrogen) atoms. The summed E-state index contributed by atoms with van der Waals surface area (Å²) >= 11 is 0. The van der Waals surface area contributed by atoms with E-state index in [9.17, 15) is 9.90 Å². The van der Waals surface area contributed by atoms with E-state index in [4.69, 9.17) is 5.11 Å². The Kier molecular flexibility index (Phi) is 4.05. The van der Waals surface area contributed by atoms with Crippen molar-refractivity contribution in [3.63, 3.8) is 0 Å². The molecule has 2 saturated carbocycles. The van der Waals surface area contributed by atoms with Crippen molar-refractivity contribution in [2.75, 3.05) is 13.1 Å². The molecule has 0 heterocycles. The van der Waals surface area contributed by atoms with Crippen molar-refractivity contribution < 1.29 is 15.0 Å². The Labute approximate surface area is 103 Å². The Morgan fingerprint density at radius 1 is 1.24 bits per heavy atom. The zero-order valence-corrected chi connectivity index (χ0v) is 10.4. The molecule has 4 nitrogen and oxygen atoms in total. The Morgan fingerprint density at radius 2 is 1.88 bits per heavy atom. The third-order valence-corrected chi connectivity index (χ3v) is 3.96. The molecule has 0 bridgehead atoms. The number of hydrogen-bond donors (Lipinski definition) is 2. The van der Waals surface area contributed by atoms with Crippen LogP contribution < -0.4 is 0 Å². The molecular weight excluding hydrogens is 218 g/mol. The van der Waals surface area contributed by atoms with Crippen LogP contribution in [0.1, 0.15) is 51.4 Å². The highest BCUT2D eigenvalue weighted by Gasteiger charge is 2.37. The fourth-order valence-corrected chi connectivity index (χ4v) is 2.82. The first-order valence-electron chi connectivity index (χ1n) is 6.77. The Morgan fingerprint density at radius 3 is 2.41 bits per heavy atom. The SMILES string of the molecule is O=C(O)CCN(CC1(O)CCCCC1)C1CC1. The zero-order valence-electron chi connectivity index (χ0n) is 10.4. The number of carboxylic acids is 1. The molecule has 2 fully saturated rings. The quantitative estimate of drug-likeness (QED) is 0.742. The van der Waals surface area contributed by atoms with Crippen molar-refractivity contribution in [1.82, 2.24) is 4.90 Å². The van der Waals surface area contributed by atoms with Crippen LogP contribution in [-0.2, 0) is 4.79 Å². The average molecular weight is 241 g/mol. The van der Waals surface area contributed by atoms with Crippen molar-refractivity contribution in [3.8, 4) is 0 Å². The summed E-state index contributed by atoms with van der Waals surface area (Å²) in [4.78, 5) is 12.8. The molecule has 0 amide bonds. The summed E-state index contributed by atoms with van der Waals surface area (Å²) in [5, 5.41) is 19.2. The van der Waals surface area contributed by atoms with Crippen molar-refractivity contribution >= 4 is 5.97 Å². The predicted molar refractivity (Wildman–Crippen MR) is 64.9 cm³/mol. The Hall–Kier alpha value is -0.610. The Bertz CT molecular complexity index is 270. The third-order valence-electron chi connectivity index (χ3n) is 3.96. The summed E-state index contributed by atoms with van der Waals surface area (Å²) in [5.74, 6) is -0.744. The lowest BCUT2D eigenvalue weighted by Gasteiger charge is -2.37. The van der Waals surface area contributed by atoms with Gasteiger partial charge in [-0.3, -0.25) is 9.69 Å². The summed E-state index contributed by atoms with van der Waals surface area (Å²) in [6, 6.07) is 0.528. The molecule has 0 unspecified atom stereocenters. The van der Waals surface area contributed by atoms with Crippen molar-refractivity contribution in [2.45, 2.75) is 63.0 Å². The van der Waals surface area contributed by atoms with Gasteiger partial charge >= 0.3 is 5.97 Å². The van der Waals surface area contributed by atoms with E-state index in [0.29, 0.717) is 19.1 Å². The van der Waals surface area contributed by atoms with Gasteiger partial charge < -0.3 is 10.2 Å². The first-order valence-corrected chi connectivity index (χ1v) is 6.77. The normalized spacial score (nSPS) is 23.9. The van der Waals surface area contributed by atoms with Crippen molar-refractivity contribution in [2.24, 2.45) is 0 Å². The van der Waals surface area contributed by atoms with Crippen LogP contribution in [-0.4, -0.2) is 45.8 Å². The molecule has 2 N–H and O–H groups in total. The standard InChI is InChI=1S/C13H23NO3/c15-12(16)6-9-14(11-4-5-11)10-13(17)7-2-1-3-8-13/h11,17H,1-10H2,(H,15,16). The van der Waals surface area contributed by atoms with Gasteiger partial charge in [0, 0.05) is 19.1 Å². The molecule has 2 rings (SSSR count). The summed E-state index contributed by atoms with van der Waals surface area (Å²) in [7, 11) is 0. The molecule has 2 aliphatic carbocycles. The number of rotatable bonds is 6. The average Bonchev–Trinajstić information content (AvgIpc) is 3.08. The van der Waals surface area contributed by atoms with Crippen LogP contribution in [0.3, 0.4) is 0 Å². The smallest absolute Gasteiger partial charge is 0.304 e. The maximum Gasteiger partial charge on any atom is 0.304 e. The van der Waals surface area contributed by atoms with E-state index in [2.05, 4.69) is 4.90 Å².